The number of carbonyl (C=O) groups is 1. The Morgan fingerprint density at radius 1 is 1.25 bits per heavy atom. The Kier molecular flexibility index (Phi) is 5.77. The molecule has 1 saturated heterocycles. The molecular formula is C17H26N4O3. The maximum atomic E-state index is 12.1. The van der Waals surface area contributed by atoms with Crippen LogP contribution in [0, 0.1) is 0 Å². The number of hydrogen-bond donors (Lipinski definition) is 1. The topological polar surface area (TPSA) is 76.3 Å². The third-order valence-electron chi connectivity index (χ3n) is 4.49. The van der Waals surface area contributed by atoms with Gasteiger partial charge in [0.15, 0.2) is 0 Å². The van der Waals surface area contributed by atoms with E-state index in [2.05, 4.69) is 24.1 Å². The van der Waals surface area contributed by atoms with Crippen LogP contribution in [-0.4, -0.2) is 45.1 Å². The molecule has 2 heterocycles. The van der Waals surface area contributed by atoms with E-state index in [1.54, 1.807) is 7.05 Å². The Morgan fingerprint density at radius 2 is 1.88 bits per heavy atom. The van der Waals surface area contributed by atoms with E-state index in [9.17, 15) is 14.4 Å². The number of aryl methyl sites for hydroxylation is 1. The van der Waals surface area contributed by atoms with Crippen molar-refractivity contribution in [1.29, 1.82) is 0 Å². The quantitative estimate of drug-likeness (QED) is 0.792. The molecule has 2 rings (SSSR count). The maximum absolute atomic E-state index is 12.1. The van der Waals surface area contributed by atoms with Crippen molar-refractivity contribution in [2.24, 2.45) is 14.1 Å². The van der Waals surface area contributed by atoms with Crippen molar-refractivity contribution in [2.75, 3.05) is 13.1 Å². The molecule has 1 aliphatic heterocycles. The summed E-state index contributed by atoms with van der Waals surface area (Å²) in [5.41, 5.74) is -0.490. The molecule has 0 spiro atoms. The molecule has 132 valence electrons. The Labute approximate surface area is 141 Å². The lowest BCUT2D eigenvalue weighted by molar-refractivity contribution is -0.117. The molecule has 1 N–H and O–H groups in total. The van der Waals surface area contributed by atoms with Crippen molar-refractivity contribution in [3.05, 3.63) is 38.7 Å². The first-order chi connectivity index (χ1) is 11.3. The van der Waals surface area contributed by atoms with Gasteiger partial charge in [-0.25, -0.2) is 4.79 Å². The van der Waals surface area contributed by atoms with Gasteiger partial charge in [0.2, 0.25) is 5.91 Å². The summed E-state index contributed by atoms with van der Waals surface area (Å²) in [4.78, 5) is 38.1. The molecule has 0 aliphatic carbocycles. The first-order valence-electron chi connectivity index (χ1n) is 8.29. The molecule has 7 heteroatoms. The van der Waals surface area contributed by atoms with Crippen LogP contribution in [-0.2, 0) is 18.9 Å². The molecule has 0 aromatic carbocycles. The van der Waals surface area contributed by atoms with E-state index in [0.717, 1.165) is 30.5 Å². The zero-order valence-corrected chi connectivity index (χ0v) is 14.8. The van der Waals surface area contributed by atoms with Crippen molar-refractivity contribution in [3.8, 4) is 0 Å². The molecule has 1 fully saturated rings. The highest BCUT2D eigenvalue weighted by atomic mass is 16.2. The fourth-order valence-corrected chi connectivity index (χ4v) is 2.93. The molecule has 0 radical (unpaired) electrons. The highest BCUT2D eigenvalue weighted by molar-refractivity contribution is 5.91. The lowest BCUT2D eigenvalue weighted by atomic mass is 10.0. The van der Waals surface area contributed by atoms with Crippen LogP contribution in [0.2, 0.25) is 0 Å². The van der Waals surface area contributed by atoms with E-state index in [-0.39, 0.29) is 11.9 Å². The number of nitrogens with zero attached hydrogens (tertiary/aromatic N) is 3. The number of hydrogen-bond acceptors (Lipinski definition) is 4. The molecule has 0 saturated carbocycles. The molecule has 1 aliphatic rings. The number of aromatic nitrogens is 2. The predicted molar refractivity (Wildman–Crippen MR) is 93.8 cm³/mol. The molecule has 7 nitrogen and oxygen atoms in total. The van der Waals surface area contributed by atoms with E-state index in [0.29, 0.717) is 11.6 Å². The SMILES string of the molecule is CC(C)N1CCC(NC(=O)C=Cc2cn(C)c(=O)n(C)c2=O)CC1. The maximum Gasteiger partial charge on any atom is 0.330 e. The highest BCUT2D eigenvalue weighted by Gasteiger charge is 2.21. The molecule has 0 unspecified atom stereocenters. The van der Waals surface area contributed by atoms with Crippen molar-refractivity contribution in [3.63, 3.8) is 0 Å². The van der Waals surface area contributed by atoms with E-state index >= 15 is 0 Å². The lowest BCUT2D eigenvalue weighted by Gasteiger charge is -2.34. The average Bonchev–Trinajstić information content (AvgIpc) is 2.55. The van der Waals surface area contributed by atoms with Gasteiger partial charge in [-0.1, -0.05) is 0 Å². The predicted octanol–water partition coefficient (Wildman–Crippen LogP) is 0.0862. The first kappa shape index (κ1) is 18.2. The van der Waals surface area contributed by atoms with Gasteiger partial charge in [-0.05, 0) is 32.8 Å². The van der Waals surface area contributed by atoms with E-state index < -0.39 is 11.2 Å². The van der Waals surface area contributed by atoms with Crippen molar-refractivity contribution in [2.45, 2.75) is 38.8 Å². The summed E-state index contributed by atoms with van der Waals surface area (Å²) in [5.74, 6) is -0.214. The van der Waals surface area contributed by atoms with Crippen LogP contribution < -0.4 is 16.6 Å². The summed E-state index contributed by atoms with van der Waals surface area (Å²) in [6.07, 6.45) is 6.12. The largest absolute Gasteiger partial charge is 0.350 e. The fraction of sp³-hybridized carbons (Fsp3) is 0.588. The number of nitrogens with one attached hydrogen (secondary N) is 1. The minimum Gasteiger partial charge on any atom is -0.350 e. The Bertz CT molecular complexity index is 737. The summed E-state index contributed by atoms with van der Waals surface area (Å²) in [6.45, 7) is 6.31. The van der Waals surface area contributed by atoms with Gasteiger partial charge in [0.1, 0.15) is 0 Å². The zero-order chi connectivity index (χ0) is 17.9. The highest BCUT2D eigenvalue weighted by Crippen LogP contribution is 2.12. The van der Waals surface area contributed by atoms with Crippen LogP contribution in [0.4, 0.5) is 0 Å². The summed E-state index contributed by atoms with van der Waals surface area (Å²) in [6, 6.07) is 0.697. The first-order valence-corrected chi connectivity index (χ1v) is 8.29. The number of carbonyl (C=O) groups excluding carboxylic acids is 1. The van der Waals surface area contributed by atoms with Gasteiger partial charge in [0, 0.05) is 51.5 Å². The molecule has 0 atom stereocenters. The molecule has 1 amide bonds. The van der Waals surface area contributed by atoms with Gasteiger partial charge in [-0.15, -0.1) is 0 Å². The Morgan fingerprint density at radius 3 is 2.46 bits per heavy atom. The van der Waals surface area contributed by atoms with Crippen molar-refractivity contribution < 1.29 is 4.79 Å². The van der Waals surface area contributed by atoms with Crippen LogP contribution in [0.3, 0.4) is 0 Å². The monoisotopic (exact) mass is 334 g/mol. The van der Waals surface area contributed by atoms with Gasteiger partial charge >= 0.3 is 5.69 Å². The smallest absolute Gasteiger partial charge is 0.330 e. The minimum absolute atomic E-state index is 0.167. The lowest BCUT2D eigenvalue weighted by Crippen LogP contribution is -2.46. The van der Waals surface area contributed by atoms with Crippen LogP contribution in [0.15, 0.2) is 21.9 Å². The number of likely N-dealkylation sites (tertiary alicyclic amines) is 1. The van der Waals surface area contributed by atoms with Crippen LogP contribution in [0.25, 0.3) is 6.08 Å². The number of amides is 1. The molecule has 24 heavy (non-hydrogen) atoms. The van der Waals surface area contributed by atoms with Gasteiger partial charge in [-0.3, -0.25) is 14.2 Å². The molecule has 1 aromatic rings. The summed E-state index contributed by atoms with van der Waals surface area (Å²) < 4.78 is 2.35. The second-order valence-electron chi connectivity index (χ2n) is 6.59. The second kappa shape index (κ2) is 7.61. The van der Waals surface area contributed by atoms with Crippen molar-refractivity contribution in [1.82, 2.24) is 19.4 Å². The second-order valence-corrected chi connectivity index (χ2v) is 6.59. The van der Waals surface area contributed by atoms with E-state index in [1.807, 2.05) is 0 Å². The molecule has 0 bridgehead atoms. The molecular weight excluding hydrogens is 308 g/mol. The summed E-state index contributed by atoms with van der Waals surface area (Å²) >= 11 is 0. The zero-order valence-electron chi connectivity index (χ0n) is 14.8. The van der Waals surface area contributed by atoms with Gasteiger partial charge < -0.3 is 14.8 Å². The number of piperidine rings is 1. The van der Waals surface area contributed by atoms with E-state index in [1.165, 1.54) is 30.0 Å². The van der Waals surface area contributed by atoms with Crippen LogP contribution in [0.1, 0.15) is 32.3 Å². The molecule has 1 aromatic heterocycles. The van der Waals surface area contributed by atoms with E-state index in [4.69, 9.17) is 0 Å². The summed E-state index contributed by atoms with van der Waals surface area (Å²) in [5, 5.41) is 2.98. The van der Waals surface area contributed by atoms with Crippen molar-refractivity contribution >= 4 is 12.0 Å². The Hall–Kier alpha value is -2.15. The standard InChI is InChI=1S/C17H26N4O3/c1-12(2)21-9-7-14(8-10-21)18-15(22)6-5-13-11-19(3)17(24)20(4)16(13)23/h5-6,11-12,14H,7-10H2,1-4H3,(H,18,22). The van der Waals surface area contributed by atoms with Crippen LogP contribution >= 0.6 is 0 Å². The normalized spacial score (nSPS) is 16.9. The van der Waals surface area contributed by atoms with Crippen LogP contribution in [0.5, 0.6) is 0 Å². The average molecular weight is 334 g/mol. The number of rotatable bonds is 4. The fourth-order valence-electron chi connectivity index (χ4n) is 2.93. The summed E-state index contributed by atoms with van der Waals surface area (Å²) in [7, 11) is 2.99. The minimum atomic E-state index is -0.410. The Balaban J connectivity index is 1.97. The van der Waals surface area contributed by atoms with Gasteiger partial charge in [0.25, 0.3) is 5.56 Å². The third kappa shape index (κ3) is 4.23. The van der Waals surface area contributed by atoms with Gasteiger partial charge in [0.05, 0.1) is 5.56 Å². The van der Waals surface area contributed by atoms with Gasteiger partial charge in [-0.2, -0.15) is 0 Å². The third-order valence-corrected chi connectivity index (χ3v) is 4.49.